The summed E-state index contributed by atoms with van der Waals surface area (Å²) >= 11 is 0. The zero-order chi connectivity index (χ0) is 15.5. The predicted molar refractivity (Wildman–Crippen MR) is 76.1 cm³/mol. The molecule has 0 saturated carbocycles. The molecule has 120 valence electrons. The van der Waals surface area contributed by atoms with E-state index in [1.807, 2.05) is 16.9 Å². The van der Waals surface area contributed by atoms with Gasteiger partial charge in [0.25, 0.3) is 0 Å². The maximum absolute atomic E-state index is 12.6. The summed E-state index contributed by atoms with van der Waals surface area (Å²) in [6.07, 6.45) is 1.46. The van der Waals surface area contributed by atoms with Crippen molar-refractivity contribution in [2.24, 2.45) is 5.92 Å². The SMILES string of the molecule is CCC(CC)n1ccc(CC2CCC(C(F)(F)F)CN2)n1. The Morgan fingerprint density at radius 2 is 2.05 bits per heavy atom. The highest BCUT2D eigenvalue weighted by Gasteiger charge is 2.41. The number of alkyl halides is 3. The summed E-state index contributed by atoms with van der Waals surface area (Å²) in [6.45, 7) is 4.30. The van der Waals surface area contributed by atoms with E-state index in [4.69, 9.17) is 0 Å². The van der Waals surface area contributed by atoms with Crippen LogP contribution in [0.2, 0.25) is 0 Å². The van der Waals surface area contributed by atoms with Gasteiger partial charge < -0.3 is 5.32 Å². The fourth-order valence-corrected chi connectivity index (χ4v) is 2.97. The number of hydrogen-bond donors (Lipinski definition) is 1. The number of aromatic nitrogens is 2. The number of halogens is 3. The molecule has 0 aliphatic carbocycles. The molecule has 21 heavy (non-hydrogen) atoms. The van der Waals surface area contributed by atoms with Gasteiger partial charge in [0.2, 0.25) is 0 Å². The second kappa shape index (κ2) is 6.81. The van der Waals surface area contributed by atoms with Crippen LogP contribution in [0.15, 0.2) is 12.3 Å². The van der Waals surface area contributed by atoms with Crippen LogP contribution < -0.4 is 5.32 Å². The van der Waals surface area contributed by atoms with Crippen molar-refractivity contribution in [3.05, 3.63) is 18.0 Å². The molecule has 1 fully saturated rings. The van der Waals surface area contributed by atoms with E-state index in [0.29, 0.717) is 18.9 Å². The van der Waals surface area contributed by atoms with E-state index in [0.717, 1.165) is 18.5 Å². The van der Waals surface area contributed by atoms with Gasteiger partial charge in [-0.3, -0.25) is 4.68 Å². The Balaban J connectivity index is 1.86. The second-order valence-electron chi connectivity index (χ2n) is 5.88. The average molecular weight is 303 g/mol. The van der Waals surface area contributed by atoms with Gasteiger partial charge in [0.1, 0.15) is 0 Å². The van der Waals surface area contributed by atoms with Crippen LogP contribution in [0.4, 0.5) is 13.2 Å². The topological polar surface area (TPSA) is 29.9 Å². The molecule has 0 radical (unpaired) electrons. The summed E-state index contributed by atoms with van der Waals surface area (Å²) in [6, 6.07) is 2.50. The minimum Gasteiger partial charge on any atom is -0.313 e. The van der Waals surface area contributed by atoms with Gasteiger partial charge in [-0.05, 0) is 31.7 Å². The van der Waals surface area contributed by atoms with Gasteiger partial charge >= 0.3 is 6.18 Å². The van der Waals surface area contributed by atoms with Crippen molar-refractivity contribution in [3.63, 3.8) is 0 Å². The third-order valence-corrected chi connectivity index (χ3v) is 4.42. The maximum Gasteiger partial charge on any atom is 0.393 e. The molecule has 1 N–H and O–H groups in total. The molecule has 2 heterocycles. The van der Waals surface area contributed by atoms with Crippen molar-refractivity contribution in [1.29, 1.82) is 0 Å². The fraction of sp³-hybridized carbons (Fsp3) is 0.800. The Morgan fingerprint density at radius 1 is 1.33 bits per heavy atom. The lowest BCUT2D eigenvalue weighted by atomic mass is 9.92. The van der Waals surface area contributed by atoms with Gasteiger partial charge in [0, 0.05) is 25.2 Å². The van der Waals surface area contributed by atoms with Crippen LogP contribution in [0.1, 0.15) is 51.3 Å². The number of rotatable bonds is 5. The van der Waals surface area contributed by atoms with Crippen molar-refractivity contribution in [1.82, 2.24) is 15.1 Å². The highest BCUT2D eigenvalue weighted by atomic mass is 19.4. The van der Waals surface area contributed by atoms with E-state index in [1.165, 1.54) is 0 Å². The Kier molecular flexibility index (Phi) is 5.30. The van der Waals surface area contributed by atoms with E-state index in [1.54, 1.807) is 0 Å². The molecule has 2 rings (SSSR count). The third-order valence-electron chi connectivity index (χ3n) is 4.42. The molecule has 3 nitrogen and oxygen atoms in total. The Morgan fingerprint density at radius 3 is 2.57 bits per heavy atom. The summed E-state index contributed by atoms with van der Waals surface area (Å²) in [4.78, 5) is 0. The van der Waals surface area contributed by atoms with Crippen molar-refractivity contribution in [3.8, 4) is 0 Å². The Bertz CT molecular complexity index is 430. The van der Waals surface area contributed by atoms with Gasteiger partial charge in [-0.1, -0.05) is 13.8 Å². The van der Waals surface area contributed by atoms with Gasteiger partial charge in [0.05, 0.1) is 17.7 Å². The van der Waals surface area contributed by atoms with Crippen LogP contribution in [-0.2, 0) is 6.42 Å². The normalized spacial score (nSPS) is 23.7. The molecule has 0 bridgehead atoms. The minimum atomic E-state index is -4.07. The van der Waals surface area contributed by atoms with Crippen LogP contribution in [0.25, 0.3) is 0 Å². The van der Waals surface area contributed by atoms with Crippen LogP contribution in [0, 0.1) is 5.92 Å². The molecule has 0 spiro atoms. The zero-order valence-corrected chi connectivity index (χ0v) is 12.7. The Hall–Kier alpha value is -1.04. The lowest BCUT2D eigenvalue weighted by molar-refractivity contribution is -0.179. The predicted octanol–water partition coefficient (Wildman–Crippen LogP) is 3.72. The number of nitrogens with zero attached hydrogens (tertiary/aromatic N) is 2. The van der Waals surface area contributed by atoms with Crippen LogP contribution in [0.3, 0.4) is 0 Å². The largest absolute Gasteiger partial charge is 0.393 e. The highest BCUT2D eigenvalue weighted by molar-refractivity contribution is 5.03. The molecular weight excluding hydrogens is 279 g/mol. The zero-order valence-electron chi connectivity index (χ0n) is 12.7. The van der Waals surface area contributed by atoms with Crippen molar-refractivity contribution >= 4 is 0 Å². The number of hydrogen-bond acceptors (Lipinski definition) is 2. The highest BCUT2D eigenvalue weighted by Crippen LogP contribution is 2.32. The molecule has 1 aliphatic heterocycles. The van der Waals surface area contributed by atoms with Crippen LogP contribution in [-0.4, -0.2) is 28.5 Å². The molecule has 6 heteroatoms. The van der Waals surface area contributed by atoms with Gasteiger partial charge in [-0.25, -0.2) is 0 Å². The van der Waals surface area contributed by atoms with E-state index in [9.17, 15) is 13.2 Å². The molecule has 1 saturated heterocycles. The maximum atomic E-state index is 12.6. The van der Waals surface area contributed by atoms with Crippen molar-refractivity contribution in [2.75, 3.05) is 6.54 Å². The smallest absolute Gasteiger partial charge is 0.313 e. The van der Waals surface area contributed by atoms with E-state index >= 15 is 0 Å². The molecule has 2 unspecified atom stereocenters. The molecular formula is C15H24F3N3. The quantitative estimate of drug-likeness (QED) is 0.898. The third kappa shape index (κ3) is 4.22. The molecule has 0 aromatic carbocycles. The number of piperidine rings is 1. The molecule has 2 atom stereocenters. The first kappa shape index (κ1) is 16.3. The molecule has 0 amide bonds. The van der Waals surface area contributed by atoms with Gasteiger partial charge in [0.15, 0.2) is 0 Å². The first-order chi connectivity index (χ1) is 9.94. The Labute approximate surface area is 123 Å². The average Bonchev–Trinajstić information content (AvgIpc) is 2.88. The molecule has 1 aromatic rings. The number of nitrogens with one attached hydrogen (secondary N) is 1. The summed E-state index contributed by atoms with van der Waals surface area (Å²) in [7, 11) is 0. The summed E-state index contributed by atoms with van der Waals surface area (Å²) in [5.74, 6) is -1.20. The summed E-state index contributed by atoms with van der Waals surface area (Å²) < 4.78 is 39.8. The standard InChI is InChI=1S/C15H24F3N3/c1-3-14(4-2)21-8-7-13(20-21)9-12-6-5-11(10-19-12)15(16,17)18/h7-8,11-12,14,19H,3-6,9-10H2,1-2H3. The lowest BCUT2D eigenvalue weighted by Crippen LogP contribution is -2.45. The van der Waals surface area contributed by atoms with Crippen LogP contribution >= 0.6 is 0 Å². The first-order valence-corrected chi connectivity index (χ1v) is 7.78. The van der Waals surface area contributed by atoms with E-state index in [-0.39, 0.29) is 19.0 Å². The molecule has 1 aromatic heterocycles. The summed E-state index contributed by atoms with van der Waals surface area (Å²) in [5.41, 5.74) is 0.963. The monoisotopic (exact) mass is 303 g/mol. The minimum absolute atomic E-state index is 0.0292. The van der Waals surface area contributed by atoms with Crippen molar-refractivity contribution < 1.29 is 13.2 Å². The van der Waals surface area contributed by atoms with Gasteiger partial charge in [-0.15, -0.1) is 0 Å². The second-order valence-corrected chi connectivity index (χ2v) is 5.88. The van der Waals surface area contributed by atoms with E-state index in [2.05, 4.69) is 24.3 Å². The van der Waals surface area contributed by atoms with E-state index < -0.39 is 12.1 Å². The fourth-order valence-electron chi connectivity index (χ4n) is 2.97. The van der Waals surface area contributed by atoms with Crippen LogP contribution in [0.5, 0.6) is 0 Å². The molecule has 1 aliphatic rings. The first-order valence-electron chi connectivity index (χ1n) is 7.78. The van der Waals surface area contributed by atoms with Gasteiger partial charge in [-0.2, -0.15) is 18.3 Å². The van der Waals surface area contributed by atoms with Crippen molar-refractivity contribution in [2.45, 2.75) is 64.2 Å². The lowest BCUT2D eigenvalue weighted by Gasteiger charge is -2.30. The summed E-state index contributed by atoms with van der Waals surface area (Å²) in [5, 5.41) is 7.59.